The van der Waals surface area contributed by atoms with Crippen molar-refractivity contribution in [3.63, 3.8) is 0 Å². The van der Waals surface area contributed by atoms with Crippen molar-refractivity contribution in [1.29, 1.82) is 0 Å². The van der Waals surface area contributed by atoms with Gasteiger partial charge in [0.25, 0.3) is 0 Å². The molecule has 0 spiro atoms. The molecule has 0 aromatic rings. The van der Waals surface area contributed by atoms with Crippen LogP contribution in [0.15, 0.2) is 0 Å². The molecule has 1 fully saturated rings. The van der Waals surface area contributed by atoms with Gasteiger partial charge in [0.15, 0.2) is 0 Å². The standard InChI is InChI=1S/C13H24N2O2/c1-2-6-12(16)14-10-5-9-13(17)15-11-7-3-4-8-11/h11H,2-10H2,1H3,(H,14,16)(H,15,17). The van der Waals surface area contributed by atoms with Crippen LogP contribution in [0.5, 0.6) is 0 Å². The first-order valence-electron chi connectivity index (χ1n) is 6.78. The van der Waals surface area contributed by atoms with Gasteiger partial charge < -0.3 is 10.6 Å². The second kappa shape index (κ2) is 8.09. The summed E-state index contributed by atoms with van der Waals surface area (Å²) in [6.07, 6.45) is 7.41. The minimum Gasteiger partial charge on any atom is -0.356 e. The molecule has 1 rings (SSSR count). The van der Waals surface area contributed by atoms with Crippen LogP contribution >= 0.6 is 0 Å². The van der Waals surface area contributed by atoms with Gasteiger partial charge in [-0.25, -0.2) is 0 Å². The van der Waals surface area contributed by atoms with Crippen LogP contribution in [0.25, 0.3) is 0 Å². The molecule has 0 aliphatic heterocycles. The Hall–Kier alpha value is -1.06. The van der Waals surface area contributed by atoms with Gasteiger partial charge in [-0.05, 0) is 25.7 Å². The average Bonchev–Trinajstić information content (AvgIpc) is 2.77. The number of carbonyl (C=O) groups excluding carboxylic acids is 2. The summed E-state index contributed by atoms with van der Waals surface area (Å²) < 4.78 is 0. The fourth-order valence-corrected chi connectivity index (χ4v) is 2.16. The van der Waals surface area contributed by atoms with Crippen molar-refractivity contribution in [1.82, 2.24) is 10.6 Å². The molecule has 2 N–H and O–H groups in total. The number of carbonyl (C=O) groups is 2. The minimum absolute atomic E-state index is 0.0868. The van der Waals surface area contributed by atoms with Gasteiger partial charge in [-0.2, -0.15) is 0 Å². The normalized spacial score (nSPS) is 15.8. The number of hydrogen-bond donors (Lipinski definition) is 2. The van der Waals surface area contributed by atoms with Crippen LogP contribution < -0.4 is 10.6 Å². The summed E-state index contributed by atoms with van der Waals surface area (Å²) in [5, 5.41) is 5.85. The van der Waals surface area contributed by atoms with E-state index in [1.165, 1.54) is 12.8 Å². The lowest BCUT2D eigenvalue weighted by molar-refractivity contribution is -0.123. The largest absolute Gasteiger partial charge is 0.356 e. The van der Waals surface area contributed by atoms with Gasteiger partial charge in [-0.15, -0.1) is 0 Å². The molecule has 17 heavy (non-hydrogen) atoms. The van der Waals surface area contributed by atoms with Crippen LogP contribution in [0.4, 0.5) is 0 Å². The van der Waals surface area contributed by atoms with Gasteiger partial charge in [-0.3, -0.25) is 9.59 Å². The quantitative estimate of drug-likeness (QED) is 0.666. The van der Waals surface area contributed by atoms with Crippen molar-refractivity contribution in [3.05, 3.63) is 0 Å². The Labute approximate surface area is 104 Å². The minimum atomic E-state index is 0.0868. The van der Waals surface area contributed by atoms with E-state index in [-0.39, 0.29) is 11.8 Å². The highest BCUT2D eigenvalue weighted by Crippen LogP contribution is 2.17. The van der Waals surface area contributed by atoms with E-state index in [2.05, 4.69) is 10.6 Å². The molecule has 0 heterocycles. The zero-order chi connectivity index (χ0) is 12.5. The molecule has 0 aromatic carbocycles. The Morgan fingerprint density at radius 1 is 1.12 bits per heavy atom. The molecule has 0 unspecified atom stereocenters. The van der Waals surface area contributed by atoms with Gasteiger partial charge in [0.05, 0.1) is 0 Å². The number of nitrogens with one attached hydrogen (secondary N) is 2. The summed E-state index contributed by atoms with van der Waals surface area (Å²) in [6.45, 7) is 2.59. The number of rotatable bonds is 7. The molecule has 0 aromatic heterocycles. The highest BCUT2D eigenvalue weighted by atomic mass is 16.2. The third kappa shape index (κ3) is 6.29. The molecule has 0 saturated heterocycles. The molecular weight excluding hydrogens is 216 g/mol. The van der Waals surface area contributed by atoms with Crippen LogP contribution in [0.2, 0.25) is 0 Å². The summed E-state index contributed by atoms with van der Waals surface area (Å²) in [4.78, 5) is 22.7. The maximum absolute atomic E-state index is 11.5. The second-order valence-electron chi connectivity index (χ2n) is 4.75. The lowest BCUT2D eigenvalue weighted by atomic mass is 10.2. The van der Waals surface area contributed by atoms with Gasteiger partial charge in [-0.1, -0.05) is 19.8 Å². The fraction of sp³-hybridized carbons (Fsp3) is 0.846. The highest BCUT2D eigenvalue weighted by Gasteiger charge is 2.16. The van der Waals surface area contributed by atoms with Crippen molar-refractivity contribution < 1.29 is 9.59 Å². The monoisotopic (exact) mass is 240 g/mol. The average molecular weight is 240 g/mol. The lowest BCUT2D eigenvalue weighted by Crippen LogP contribution is -2.33. The van der Waals surface area contributed by atoms with E-state index in [1.807, 2.05) is 6.92 Å². The SMILES string of the molecule is CCCC(=O)NCCCC(=O)NC1CCCC1. The van der Waals surface area contributed by atoms with E-state index in [1.54, 1.807) is 0 Å². The molecule has 4 heteroatoms. The topological polar surface area (TPSA) is 58.2 Å². The first-order chi connectivity index (χ1) is 8.22. The Balaban J connectivity index is 1.98. The molecule has 1 aliphatic carbocycles. The van der Waals surface area contributed by atoms with E-state index in [0.717, 1.165) is 25.7 Å². The van der Waals surface area contributed by atoms with Crippen molar-refractivity contribution in [2.45, 2.75) is 64.3 Å². The molecule has 0 atom stereocenters. The zero-order valence-electron chi connectivity index (χ0n) is 10.8. The van der Waals surface area contributed by atoms with E-state index in [4.69, 9.17) is 0 Å². The molecular formula is C13H24N2O2. The zero-order valence-corrected chi connectivity index (χ0v) is 10.8. The maximum Gasteiger partial charge on any atom is 0.220 e. The van der Waals surface area contributed by atoms with Crippen LogP contribution in [0, 0.1) is 0 Å². The second-order valence-corrected chi connectivity index (χ2v) is 4.75. The van der Waals surface area contributed by atoms with Gasteiger partial charge in [0.1, 0.15) is 0 Å². The third-order valence-corrected chi connectivity index (χ3v) is 3.10. The van der Waals surface area contributed by atoms with Gasteiger partial charge in [0, 0.05) is 25.4 Å². The first-order valence-corrected chi connectivity index (χ1v) is 6.78. The van der Waals surface area contributed by atoms with E-state index < -0.39 is 0 Å². The Morgan fingerprint density at radius 3 is 2.47 bits per heavy atom. The Kier molecular flexibility index (Phi) is 6.67. The Morgan fingerprint density at radius 2 is 1.82 bits per heavy atom. The lowest BCUT2D eigenvalue weighted by Gasteiger charge is -2.11. The Bertz CT molecular complexity index is 248. The number of amides is 2. The van der Waals surface area contributed by atoms with Crippen LogP contribution in [-0.4, -0.2) is 24.4 Å². The summed E-state index contributed by atoms with van der Waals surface area (Å²) in [6, 6.07) is 0.400. The van der Waals surface area contributed by atoms with Crippen molar-refractivity contribution in [2.24, 2.45) is 0 Å². The molecule has 0 bridgehead atoms. The molecule has 1 aliphatic rings. The van der Waals surface area contributed by atoms with Crippen molar-refractivity contribution >= 4 is 11.8 Å². The van der Waals surface area contributed by atoms with E-state index >= 15 is 0 Å². The highest BCUT2D eigenvalue weighted by molar-refractivity contribution is 5.77. The summed E-state index contributed by atoms with van der Waals surface area (Å²) in [7, 11) is 0. The van der Waals surface area contributed by atoms with E-state index in [0.29, 0.717) is 25.4 Å². The third-order valence-electron chi connectivity index (χ3n) is 3.10. The van der Waals surface area contributed by atoms with Crippen LogP contribution in [-0.2, 0) is 9.59 Å². The molecule has 4 nitrogen and oxygen atoms in total. The fourth-order valence-electron chi connectivity index (χ4n) is 2.16. The van der Waals surface area contributed by atoms with Crippen molar-refractivity contribution in [3.8, 4) is 0 Å². The number of hydrogen-bond acceptors (Lipinski definition) is 2. The predicted molar refractivity (Wildman–Crippen MR) is 67.6 cm³/mol. The molecule has 1 saturated carbocycles. The maximum atomic E-state index is 11.5. The molecule has 2 amide bonds. The summed E-state index contributed by atoms with van der Waals surface area (Å²) in [5.41, 5.74) is 0. The van der Waals surface area contributed by atoms with E-state index in [9.17, 15) is 9.59 Å². The molecule has 98 valence electrons. The van der Waals surface area contributed by atoms with Gasteiger partial charge in [0.2, 0.25) is 11.8 Å². The van der Waals surface area contributed by atoms with Gasteiger partial charge >= 0.3 is 0 Å². The molecule has 0 radical (unpaired) electrons. The summed E-state index contributed by atoms with van der Waals surface area (Å²) in [5.74, 6) is 0.213. The van der Waals surface area contributed by atoms with Crippen molar-refractivity contribution in [2.75, 3.05) is 6.54 Å². The van der Waals surface area contributed by atoms with Crippen LogP contribution in [0.3, 0.4) is 0 Å². The smallest absolute Gasteiger partial charge is 0.220 e. The first kappa shape index (κ1) is 14.0. The van der Waals surface area contributed by atoms with Crippen LogP contribution in [0.1, 0.15) is 58.3 Å². The summed E-state index contributed by atoms with van der Waals surface area (Å²) >= 11 is 0. The predicted octanol–water partition coefficient (Wildman–Crippen LogP) is 1.74.